The molecule has 0 bridgehead atoms. The van der Waals surface area contributed by atoms with Gasteiger partial charge >= 0.3 is 0 Å². The van der Waals surface area contributed by atoms with Crippen LogP contribution in [0.3, 0.4) is 0 Å². The Balaban J connectivity index is 0.964. The van der Waals surface area contributed by atoms with Crippen molar-refractivity contribution in [1.29, 1.82) is 0 Å². The van der Waals surface area contributed by atoms with E-state index in [0.29, 0.717) is 0 Å². The minimum absolute atomic E-state index is 0.898. The summed E-state index contributed by atoms with van der Waals surface area (Å²) in [5, 5.41) is 5.84. The van der Waals surface area contributed by atoms with Crippen molar-refractivity contribution in [3.8, 4) is 67.4 Å². The Morgan fingerprint density at radius 2 is 0.788 bits per heavy atom. The molecule has 0 radical (unpaired) electrons. The molecule has 0 aliphatic carbocycles. The summed E-state index contributed by atoms with van der Waals surface area (Å²) in [6.45, 7) is 0. The molecule has 0 N–H and O–H groups in total. The molecule has 10 aromatic carbocycles. The van der Waals surface area contributed by atoms with Crippen molar-refractivity contribution in [2.24, 2.45) is 0 Å². The summed E-state index contributed by atoms with van der Waals surface area (Å²) in [5.41, 5.74) is 17.6. The molecule has 0 amide bonds. The SMILES string of the molecule is c1ccc(-c2cc(-c3ccccc3)cc(-n3c(-c4ccc(-c5ccc6c(c5)c5cc7nc(-c8ccccc8)c8ccccc8c7cc5n6-c5ccccc5)cc4)nc4ccccc43)c2)cc1. The molecule has 0 aliphatic rings. The zero-order chi connectivity index (χ0) is 43.6. The molecule has 0 fully saturated rings. The lowest BCUT2D eigenvalue weighted by Crippen LogP contribution is -1.99. The summed E-state index contributed by atoms with van der Waals surface area (Å²) in [6.07, 6.45) is 0. The molecule has 0 aliphatic heterocycles. The number of hydrogen-bond donors (Lipinski definition) is 0. The Hall–Kier alpha value is -8.86. The Kier molecular flexibility index (Phi) is 8.81. The molecule has 308 valence electrons. The Morgan fingerprint density at radius 3 is 1.48 bits per heavy atom. The van der Waals surface area contributed by atoms with Crippen LogP contribution >= 0.6 is 0 Å². The highest BCUT2D eigenvalue weighted by Crippen LogP contribution is 2.41. The summed E-state index contributed by atoms with van der Waals surface area (Å²) in [7, 11) is 0. The van der Waals surface area contributed by atoms with E-state index in [1.807, 2.05) is 0 Å². The molecule has 13 rings (SSSR count). The van der Waals surface area contributed by atoms with Gasteiger partial charge in [0.2, 0.25) is 0 Å². The van der Waals surface area contributed by atoms with E-state index in [9.17, 15) is 0 Å². The highest BCUT2D eigenvalue weighted by molar-refractivity contribution is 6.19. The predicted molar refractivity (Wildman–Crippen MR) is 275 cm³/mol. The zero-order valence-electron chi connectivity index (χ0n) is 35.9. The lowest BCUT2D eigenvalue weighted by atomic mass is 9.97. The van der Waals surface area contributed by atoms with Gasteiger partial charge in [-0.15, -0.1) is 0 Å². The molecule has 0 saturated heterocycles. The normalized spacial score (nSPS) is 11.6. The fourth-order valence-electron chi connectivity index (χ4n) is 9.95. The van der Waals surface area contributed by atoms with Gasteiger partial charge in [-0.05, 0) is 105 Å². The molecule has 4 heteroatoms. The van der Waals surface area contributed by atoms with E-state index < -0.39 is 0 Å². The van der Waals surface area contributed by atoms with Crippen LogP contribution in [0.1, 0.15) is 0 Å². The van der Waals surface area contributed by atoms with Crippen LogP contribution in [0.5, 0.6) is 0 Å². The third-order valence-corrected chi connectivity index (χ3v) is 13.1. The van der Waals surface area contributed by atoms with Crippen LogP contribution in [0.2, 0.25) is 0 Å². The standard InChI is InChI=1S/C62H40N4/c1-5-17-41(18-6-1)47-35-48(42-19-7-2-8-20-42)37-50(36-47)66-59-28-16-15-27-56(59)64-62(66)45-31-29-43(30-32-45)46-33-34-58-54(38-46)55-39-57-53(40-60(55)65(58)49-23-11-4-12-24-49)51-25-13-14-26-52(51)61(63-57)44-21-9-3-10-22-44/h1-40H. The first-order chi connectivity index (χ1) is 32.7. The van der Waals surface area contributed by atoms with E-state index in [4.69, 9.17) is 9.97 Å². The molecule has 0 spiro atoms. The molecule has 0 unspecified atom stereocenters. The largest absolute Gasteiger partial charge is 0.309 e. The Bertz CT molecular complexity index is 3890. The van der Waals surface area contributed by atoms with Crippen LogP contribution in [-0.2, 0) is 0 Å². The van der Waals surface area contributed by atoms with Crippen LogP contribution in [0.25, 0.3) is 122 Å². The summed E-state index contributed by atoms with van der Waals surface area (Å²) < 4.78 is 4.72. The van der Waals surface area contributed by atoms with Gasteiger partial charge in [-0.3, -0.25) is 4.57 Å². The van der Waals surface area contributed by atoms with E-state index in [1.165, 1.54) is 27.3 Å². The van der Waals surface area contributed by atoms with E-state index in [0.717, 1.165) is 94.6 Å². The van der Waals surface area contributed by atoms with Gasteiger partial charge in [-0.2, -0.15) is 0 Å². The Morgan fingerprint density at radius 1 is 0.242 bits per heavy atom. The number of rotatable bonds is 7. The first kappa shape index (κ1) is 37.7. The minimum Gasteiger partial charge on any atom is -0.309 e. The highest BCUT2D eigenvalue weighted by Gasteiger charge is 2.20. The van der Waals surface area contributed by atoms with Crippen molar-refractivity contribution in [3.05, 3.63) is 243 Å². The molecule has 66 heavy (non-hydrogen) atoms. The maximum absolute atomic E-state index is 5.40. The number of nitrogens with zero attached hydrogens (tertiary/aromatic N) is 4. The highest BCUT2D eigenvalue weighted by atomic mass is 15.1. The van der Waals surface area contributed by atoms with Gasteiger partial charge in [0.05, 0.1) is 33.3 Å². The van der Waals surface area contributed by atoms with Gasteiger partial charge in [0.25, 0.3) is 0 Å². The average Bonchev–Trinajstić information content (AvgIpc) is 3.94. The fourth-order valence-corrected chi connectivity index (χ4v) is 9.95. The first-order valence-electron chi connectivity index (χ1n) is 22.5. The van der Waals surface area contributed by atoms with Crippen LogP contribution in [0.4, 0.5) is 0 Å². The Labute approximate surface area is 382 Å². The molecule has 3 heterocycles. The van der Waals surface area contributed by atoms with E-state index in [2.05, 4.69) is 252 Å². The number of hydrogen-bond acceptors (Lipinski definition) is 2. The van der Waals surface area contributed by atoms with Gasteiger partial charge in [-0.1, -0.05) is 176 Å². The lowest BCUT2D eigenvalue weighted by Gasteiger charge is -2.15. The predicted octanol–water partition coefficient (Wildman–Crippen LogP) is 16.2. The summed E-state index contributed by atoms with van der Waals surface area (Å²) in [6, 6.07) is 86.9. The second-order valence-electron chi connectivity index (χ2n) is 17.0. The first-order valence-corrected chi connectivity index (χ1v) is 22.5. The molecular formula is C62H40N4. The second-order valence-corrected chi connectivity index (χ2v) is 17.0. The van der Waals surface area contributed by atoms with Gasteiger partial charge < -0.3 is 4.57 Å². The summed E-state index contributed by atoms with van der Waals surface area (Å²) >= 11 is 0. The monoisotopic (exact) mass is 840 g/mol. The van der Waals surface area contributed by atoms with Crippen molar-refractivity contribution in [1.82, 2.24) is 19.1 Å². The third-order valence-electron chi connectivity index (χ3n) is 13.1. The smallest absolute Gasteiger partial charge is 0.145 e. The van der Waals surface area contributed by atoms with E-state index in [1.54, 1.807) is 0 Å². The minimum atomic E-state index is 0.898. The van der Waals surface area contributed by atoms with E-state index >= 15 is 0 Å². The number of benzene rings is 10. The summed E-state index contributed by atoms with van der Waals surface area (Å²) in [5.74, 6) is 0.898. The van der Waals surface area contributed by atoms with Crippen molar-refractivity contribution in [2.75, 3.05) is 0 Å². The summed E-state index contributed by atoms with van der Waals surface area (Å²) in [4.78, 5) is 10.7. The van der Waals surface area contributed by atoms with E-state index in [-0.39, 0.29) is 0 Å². The number of aromatic nitrogens is 4. The van der Waals surface area contributed by atoms with Crippen LogP contribution in [-0.4, -0.2) is 19.1 Å². The zero-order valence-corrected chi connectivity index (χ0v) is 35.9. The third kappa shape index (κ3) is 6.30. The molecule has 3 aromatic heterocycles. The van der Waals surface area contributed by atoms with Gasteiger partial charge in [0, 0.05) is 44.0 Å². The fraction of sp³-hybridized carbons (Fsp3) is 0. The molecule has 4 nitrogen and oxygen atoms in total. The maximum atomic E-state index is 5.40. The maximum Gasteiger partial charge on any atom is 0.145 e. The topological polar surface area (TPSA) is 35.6 Å². The molecular weight excluding hydrogens is 801 g/mol. The average molecular weight is 841 g/mol. The number of fused-ring (bicyclic) bond motifs is 7. The molecule has 13 aromatic rings. The van der Waals surface area contributed by atoms with Crippen molar-refractivity contribution in [2.45, 2.75) is 0 Å². The van der Waals surface area contributed by atoms with Crippen LogP contribution in [0, 0.1) is 0 Å². The second kappa shape index (κ2) is 15.4. The number of pyridine rings is 1. The van der Waals surface area contributed by atoms with Crippen LogP contribution < -0.4 is 0 Å². The number of para-hydroxylation sites is 3. The van der Waals surface area contributed by atoms with Gasteiger partial charge in [0.15, 0.2) is 0 Å². The quantitative estimate of drug-likeness (QED) is 0.150. The van der Waals surface area contributed by atoms with Gasteiger partial charge in [0.1, 0.15) is 5.82 Å². The van der Waals surface area contributed by atoms with Crippen molar-refractivity contribution >= 4 is 54.5 Å². The van der Waals surface area contributed by atoms with Gasteiger partial charge in [-0.25, -0.2) is 9.97 Å². The molecule has 0 atom stereocenters. The lowest BCUT2D eigenvalue weighted by molar-refractivity contribution is 1.10. The number of imidazole rings is 1. The molecule has 0 saturated carbocycles. The van der Waals surface area contributed by atoms with Crippen molar-refractivity contribution < 1.29 is 0 Å². The van der Waals surface area contributed by atoms with Crippen molar-refractivity contribution in [3.63, 3.8) is 0 Å². The van der Waals surface area contributed by atoms with Crippen LogP contribution in [0.15, 0.2) is 243 Å².